The first-order valence-corrected chi connectivity index (χ1v) is 7.49. The molecule has 0 aliphatic heterocycles. The standard InChI is InChI=1S/C15H13Br2NO2/c1-18(20-2)15(19)14-9-12(17)7-8-13(14)10-3-5-11(16)6-4-10/h3-9H,1-2H3. The minimum atomic E-state index is -0.188. The van der Waals surface area contributed by atoms with E-state index in [1.165, 1.54) is 12.2 Å². The molecule has 0 aliphatic rings. The van der Waals surface area contributed by atoms with Gasteiger partial charge in [-0.25, -0.2) is 5.06 Å². The molecule has 104 valence electrons. The van der Waals surface area contributed by atoms with Crippen molar-refractivity contribution in [2.75, 3.05) is 14.2 Å². The molecule has 0 heterocycles. The highest BCUT2D eigenvalue weighted by Crippen LogP contribution is 2.28. The molecular formula is C15H13Br2NO2. The van der Waals surface area contributed by atoms with Gasteiger partial charge in [-0.1, -0.05) is 50.1 Å². The van der Waals surface area contributed by atoms with Crippen molar-refractivity contribution < 1.29 is 9.63 Å². The Balaban J connectivity index is 2.53. The first kappa shape index (κ1) is 15.2. The Morgan fingerprint density at radius 2 is 1.65 bits per heavy atom. The SMILES string of the molecule is CON(C)C(=O)c1cc(Br)ccc1-c1ccc(Br)cc1. The third kappa shape index (κ3) is 3.29. The molecule has 2 aromatic carbocycles. The normalized spacial score (nSPS) is 10.4. The number of halogens is 2. The summed E-state index contributed by atoms with van der Waals surface area (Å²) in [6, 6.07) is 13.5. The highest BCUT2D eigenvalue weighted by Gasteiger charge is 2.17. The van der Waals surface area contributed by atoms with Crippen LogP contribution >= 0.6 is 31.9 Å². The fourth-order valence-electron chi connectivity index (χ4n) is 1.83. The van der Waals surface area contributed by atoms with Crippen LogP contribution in [0.15, 0.2) is 51.4 Å². The fraction of sp³-hybridized carbons (Fsp3) is 0.133. The smallest absolute Gasteiger partial charge is 0.274 e. The lowest BCUT2D eigenvalue weighted by molar-refractivity contribution is -0.0756. The van der Waals surface area contributed by atoms with Gasteiger partial charge in [-0.3, -0.25) is 9.63 Å². The molecule has 1 amide bonds. The van der Waals surface area contributed by atoms with Crippen LogP contribution < -0.4 is 0 Å². The van der Waals surface area contributed by atoms with Crippen LogP contribution in [-0.2, 0) is 4.84 Å². The van der Waals surface area contributed by atoms with Crippen molar-refractivity contribution in [3.05, 3.63) is 57.0 Å². The molecule has 0 aromatic heterocycles. The van der Waals surface area contributed by atoms with Crippen molar-refractivity contribution in [2.45, 2.75) is 0 Å². The number of nitrogens with zero attached hydrogens (tertiary/aromatic N) is 1. The third-order valence-electron chi connectivity index (χ3n) is 2.93. The van der Waals surface area contributed by atoms with Crippen LogP contribution in [0.2, 0.25) is 0 Å². The van der Waals surface area contributed by atoms with Gasteiger partial charge in [0.2, 0.25) is 0 Å². The van der Waals surface area contributed by atoms with Gasteiger partial charge in [0, 0.05) is 16.0 Å². The molecule has 0 radical (unpaired) electrons. The Kier molecular flexibility index (Phi) is 4.96. The molecule has 0 N–H and O–H groups in total. The van der Waals surface area contributed by atoms with Gasteiger partial charge in [-0.2, -0.15) is 0 Å². The van der Waals surface area contributed by atoms with E-state index in [4.69, 9.17) is 4.84 Å². The summed E-state index contributed by atoms with van der Waals surface area (Å²) in [5.74, 6) is -0.188. The minimum Gasteiger partial charge on any atom is -0.274 e. The molecule has 0 saturated carbocycles. The van der Waals surface area contributed by atoms with Gasteiger partial charge in [0.05, 0.1) is 12.7 Å². The largest absolute Gasteiger partial charge is 0.277 e. The Labute approximate surface area is 134 Å². The van der Waals surface area contributed by atoms with Crippen LogP contribution in [0.25, 0.3) is 11.1 Å². The Morgan fingerprint density at radius 3 is 2.25 bits per heavy atom. The van der Waals surface area contributed by atoms with Gasteiger partial charge in [0.25, 0.3) is 5.91 Å². The van der Waals surface area contributed by atoms with Gasteiger partial charge in [0.1, 0.15) is 0 Å². The quantitative estimate of drug-likeness (QED) is 0.711. The summed E-state index contributed by atoms with van der Waals surface area (Å²) >= 11 is 6.81. The average molecular weight is 399 g/mol. The van der Waals surface area contributed by atoms with Crippen molar-refractivity contribution >= 4 is 37.8 Å². The van der Waals surface area contributed by atoms with Crippen molar-refractivity contribution in [2.24, 2.45) is 0 Å². The first-order chi connectivity index (χ1) is 9.52. The summed E-state index contributed by atoms with van der Waals surface area (Å²) in [4.78, 5) is 17.3. The predicted molar refractivity (Wildman–Crippen MR) is 86.4 cm³/mol. The molecule has 0 saturated heterocycles. The molecule has 20 heavy (non-hydrogen) atoms. The van der Waals surface area contributed by atoms with Crippen molar-refractivity contribution in [1.82, 2.24) is 5.06 Å². The molecule has 5 heteroatoms. The zero-order valence-corrected chi connectivity index (χ0v) is 14.2. The maximum atomic E-state index is 12.4. The zero-order chi connectivity index (χ0) is 14.7. The molecule has 2 rings (SSSR count). The van der Waals surface area contributed by atoms with Crippen LogP contribution in [-0.4, -0.2) is 25.1 Å². The van der Waals surface area contributed by atoms with E-state index in [1.54, 1.807) is 13.1 Å². The van der Waals surface area contributed by atoms with E-state index in [0.717, 1.165) is 20.1 Å². The van der Waals surface area contributed by atoms with Crippen LogP contribution in [0.5, 0.6) is 0 Å². The second-order valence-corrected chi connectivity index (χ2v) is 6.01. The van der Waals surface area contributed by atoms with E-state index >= 15 is 0 Å². The minimum absolute atomic E-state index is 0.188. The van der Waals surface area contributed by atoms with Gasteiger partial charge in [0.15, 0.2) is 0 Å². The number of carbonyl (C=O) groups is 1. The van der Waals surface area contributed by atoms with Crippen LogP contribution in [0, 0.1) is 0 Å². The second-order valence-electron chi connectivity index (χ2n) is 4.18. The topological polar surface area (TPSA) is 29.5 Å². The Morgan fingerprint density at radius 1 is 1.05 bits per heavy atom. The number of benzene rings is 2. The fourth-order valence-corrected chi connectivity index (χ4v) is 2.45. The predicted octanol–water partition coefficient (Wildman–Crippen LogP) is 4.51. The zero-order valence-electron chi connectivity index (χ0n) is 11.1. The number of amides is 1. The van der Waals surface area contributed by atoms with Gasteiger partial charge in [-0.15, -0.1) is 0 Å². The Bertz CT molecular complexity index is 626. The number of hydrogen-bond acceptors (Lipinski definition) is 2. The average Bonchev–Trinajstić information content (AvgIpc) is 2.46. The van der Waals surface area contributed by atoms with Crippen molar-refractivity contribution in [3.8, 4) is 11.1 Å². The van der Waals surface area contributed by atoms with Crippen LogP contribution in [0.3, 0.4) is 0 Å². The summed E-state index contributed by atoms with van der Waals surface area (Å²) in [5.41, 5.74) is 2.44. The van der Waals surface area contributed by atoms with Crippen molar-refractivity contribution in [3.63, 3.8) is 0 Å². The summed E-state index contributed by atoms with van der Waals surface area (Å²) in [6.45, 7) is 0. The summed E-state index contributed by atoms with van der Waals surface area (Å²) < 4.78 is 1.85. The summed E-state index contributed by atoms with van der Waals surface area (Å²) in [5, 5.41) is 1.21. The van der Waals surface area contributed by atoms with Crippen LogP contribution in [0.4, 0.5) is 0 Å². The summed E-state index contributed by atoms with van der Waals surface area (Å²) in [6.07, 6.45) is 0. The molecule has 0 bridgehead atoms. The molecule has 0 aliphatic carbocycles. The van der Waals surface area contributed by atoms with E-state index in [2.05, 4.69) is 31.9 Å². The molecule has 2 aromatic rings. The van der Waals surface area contributed by atoms with E-state index in [1.807, 2.05) is 36.4 Å². The molecule has 0 spiro atoms. The van der Waals surface area contributed by atoms with Crippen molar-refractivity contribution in [1.29, 1.82) is 0 Å². The van der Waals surface area contributed by atoms with E-state index in [9.17, 15) is 4.79 Å². The molecule has 0 unspecified atom stereocenters. The van der Waals surface area contributed by atoms with E-state index < -0.39 is 0 Å². The van der Waals surface area contributed by atoms with E-state index in [0.29, 0.717) is 5.56 Å². The first-order valence-electron chi connectivity index (χ1n) is 5.90. The van der Waals surface area contributed by atoms with Gasteiger partial charge >= 0.3 is 0 Å². The number of rotatable bonds is 3. The maximum Gasteiger partial charge on any atom is 0.277 e. The molecule has 0 fully saturated rings. The van der Waals surface area contributed by atoms with Gasteiger partial charge in [-0.05, 0) is 35.4 Å². The molecule has 0 atom stereocenters. The highest BCUT2D eigenvalue weighted by atomic mass is 79.9. The molecule has 3 nitrogen and oxygen atoms in total. The third-order valence-corrected chi connectivity index (χ3v) is 3.95. The lowest BCUT2D eigenvalue weighted by Crippen LogP contribution is -2.25. The number of hydroxylamine groups is 2. The monoisotopic (exact) mass is 397 g/mol. The maximum absolute atomic E-state index is 12.4. The van der Waals surface area contributed by atoms with Crippen LogP contribution in [0.1, 0.15) is 10.4 Å². The second kappa shape index (κ2) is 6.52. The van der Waals surface area contributed by atoms with Gasteiger partial charge < -0.3 is 0 Å². The lowest BCUT2D eigenvalue weighted by atomic mass is 9.99. The number of carbonyl (C=O) groups excluding carboxylic acids is 1. The van der Waals surface area contributed by atoms with E-state index in [-0.39, 0.29) is 5.91 Å². The summed E-state index contributed by atoms with van der Waals surface area (Å²) in [7, 11) is 3.06. The highest BCUT2D eigenvalue weighted by molar-refractivity contribution is 9.10. The lowest BCUT2D eigenvalue weighted by Gasteiger charge is -2.16. The molecular weight excluding hydrogens is 386 g/mol. The Hall–Kier alpha value is -1.17. The number of hydrogen-bond donors (Lipinski definition) is 0.